The van der Waals surface area contributed by atoms with Crippen LogP contribution in [0.25, 0.3) is 11.5 Å². The van der Waals surface area contributed by atoms with Crippen LogP contribution in [-0.2, 0) is 10.6 Å². The van der Waals surface area contributed by atoms with Gasteiger partial charge in [-0.3, -0.25) is 4.79 Å². The number of benzene rings is 1. The minimum atomic E-state index is -4.88. The summed E-state index contributed by atoms with van der Waals surface area (Å²) in [5, 5.41) is 5.98. The molecule has 204 valence electrons. The molecule has 0 bridgehead atoms. The van der Waals surface area contributed by atoms with Crippen molar-refractivity contribution >= 4 is 25.7 Å². The van der Waals surface area contributed by atoms with Crippen LogP contribution in [-0.4, -0.2) is 36.3 Å². The molecule has 1 saturated carbocycles. The number of anilines is 2. The van der Waals surface area contributed by atoms with Crippen molar-refractivity contribution in [2.24, 2.45) is 0 Å². The van der Waals surface area contributed by atoms with Gasteiger partial charge in [0.05, 0.1) is 11.9 Å². The number of hydrogen-bond acceptors (Lipinski definition) is 6. The van der Waals surface area contributed by atoms with Gasteiger partial charge in [0, 0.05) is 17.7 Å². The maximum atomic E-state index is 13.6. The van der Waals surface area contributed by atoms with Crippen LogP contribution >= 0.6 is 0 Å². The van der Waals surface area contributed by atoms with Crippen LogP contribution in [0, 0.1) is 0 Å². The second-order valence-electron chi connectivity index (χ2n) is 11.1. The molecule has 2 aromatic heterocycles. The fraction of sp³-hybridized carbons (Fsp3) is 0.444. The number of halogens is 3. The Labute approximate surface area is 221 Å². The van der Waals surface area contributed by atoms with E-state index in [9.17, 15) is 18.0 Å². The van der Waals surface area contributed by atoms with Crippen LogP contribution in [0.4, 0.5) is 24.7 Å². The van der Waals surface area contributed by atoms with Crippen molar-refractivity contribution in [1.29, 1.82) is 0 Å². The second kappa shape index (κ2) is 10.5. The molecule has 1 aromatic carbocycles. The van der Waals surface area contributed by atoms with E-state index in [1.54, 1.807) is 42.5 Å². The summed E-state index contributed by atoms with van der Waals surface area (Å²) in [7, 11) is -1.84. The fourth-order valence-electron chi connectivity index (χ4n) is 4.09. The van der Waals surface area contributed by atoms with Gasteiger partial charge in [0.15, 0.2) is 14.0 Å². The fourth-order valence-corrected chi connectivity index (χ4v) is 5.50. The summed E-state index contributed by atoms with van der Waals surface area (Å²) in [5.41, 5.74) is -0.265. The number of carbonyl (C=O) groups excluding carboxylic acids is 1. The molecule has 0 radical (unpaired) electrons. The first kappa shape index (κ1) is 27.8. The number of nitrogens with one attached hydrogen (secondary N) is 2. The zero-order chi connectivity index (χ0) is 27.7. The van der Waals surface area contributed by atoms with Crippen molar-refractivity contribution in [2.75, 3.05) is 10.6 Å². The largest absolute Gasteiger partial charge is 0.452 e. The number of alkyl halides is 3. The van der Waals surface area contributed by atoms with Crippen LogP contribution in [0.2, 0.25) is 18.1 Å². The first-order chi connectivity index (χ1) is 17.7. The second-order valence-corrected chi connectivity index (χ2v) is 15.9. The van der Waals surface area contributed by atoms with E-state index in [0.717, 1.165) is 19.3 Å². The van der Waals surface area contributed by atoms with Gasteiger partial charge in [-0.05, 0) is 61.7 Å². The molecule has 1 amide bonds. The number of hydrogen-bond donors (Lipinski definition) is 2. The van der Waals surface area contributed by atoms with Crippen LogP contribution in [0.15, 0.2) is 53.1 Å². The average molecular weight is 547 g/mol. The van der Waals surface area contributed by atoms with Gasteiger partial charge in [0.2, 0.25) is 11.7 Å². The van der Waals surface area contributed by atoms with Crippen LogP contribution in [0.5, 0.6) is 0 Å². The monoisotopic (exact) mass is 546 g/mol. The standard InChI is InChI=1S/C27H33F3N4O3Si/c1-26(2,3)38(4,5)37-20-13-11-18(15-20)32-21-14-12-19(16-31-21)33-24(35)22-23(27(28,29)30)36-25(34-22)17-9-7-6-8-10-17/h6-10,12,14,16,18,20H,11,13,15H2,1-5H3,(H,31,32)(H,33,35)/t18-,20-/m1/s1. The number of aromatic nitrogens is 2. The number of amides is 1. The van der Waals surface area contributed by atoms with Crippen molar-refractivity contribution in [3.63, 3.8) is 0 Å². The normalized spacial score (nSPS) is 18.4. The van der Waals surface area contributed by atoms with Gasteiger partial charge in [-0.15, -0.1) is 0 Å². The van der Waals surface area contributed by atoms with Gasteiger partial charge in [-0.25, -0.2) is 9.97 Å². The van der Waals surface area contributed by atoms with Gasteiger partial charge in [-0.1, -0.05) is 39.0 Å². The molecule has 2 atom stereocenters. The van der Waals surface area contributed by atoms with Crippen LogP contribution in [0.3, 0.4) is 0 Å². The third-order valence-electron chi connectivity index (χ3n) is 7.15. The molecule has 1 aliphatic rings. The molecule has 1 fully saturated rings. The Bertz CT molecular complexity index is 1260. The summed E-state index contributed by atoms with van der Waals surface area (Å²) in [5.74, 6) is -2.15. The van der Waals surface area contributed by atoms with Gasteiger partial charge >= 0.3 is 6.18 Å². The van der Waals surface area contributed by atoms with E-state index in [-0.39, 0.29) is 28.8 Å². The summed E-state index contributed by atoms with van der Waals surface area (Å²) in [6, 6.07) is 11.6. The predicted octanol–water partition coefficient (Wildman–Crippen LogP) is 7.36. The predicted molar refractivity (Wildman–Crippen MR) is 142 cm³/mol. The molecule has 4 rings (SSSR count). The highest BCUT2D eigenvalue weighted by atomic mass is 28.4. The molecular weight excluding hydrogens is 513 g/mol. The number of carbonyl (C=O) groups is 1. The summed E-state index contributed by atoms with van der Waals surface area (Å²) in [6.45, 7) is 11.2. The maximum absolute atomic E-state index is 13.6. The Morgan fingerprint density at radius 2 is 1.79 bits per heavy atom. The topological polar surface area (TPSA) is 89.3 Å². The first-order valence-corrected chi connectivity index (χ1v) is 15.5. The molecular formula is C27H33F3N4O3Si. The summed E-state index contributed by atoms with van der Waals surface area (Å²) in [4.78, 5) is 20.9. The average Bonchev–Trinajstić information content (AvgIpc) is 3.47. The molecule has 2 heterocycles. The molecule has 0 unspecified atom stereocenters. The minimum Gasteiger partial charge on any atom is -0.431 e. The minimum absolute atomic E-state index is 0.149. The van der Waals surface area contributed by atoms with E-state index < -0.39 is 31.9 Å². The lowest BCUT2D eigenvalue weighted by Gasteiger charge is -2.38. The Morgan fingerprint density at radius 1 is 1.08 bits per heavy atom. The van der Waals surface area contributed by atoms with E-state index in [4.69, 9.17) is 8.84 Å². The maximum Gasteiger partial charge on any atom is 0.452 e. The van der Waals surface area contributed by atoms with Crippen LogP contribution < -0.4 is 10.6 Å². The number of rotatable bonds is 7. The van der Waals surface area contributed by atoms with Crippen molar-refractivity contribution < 1.29 is 26.8 Å². The molecule has 11 heteroatoms. The first-order valence-electron chi connectivity index (χ1n) is 12.6. The lowest BCUT2D eigenvalue weighted by Crippen LogP contribution is -2.43. The zero-order valence-corrected chi connectivity index (χ0v) is 23.1. The lowest BCUT2D eigenvalue weighted by atomic mass is 10.2. The molecule has 0 saturated heterocycles. The zero-order valence-electron chi connectivity index (χ0n) is 22.1. The third-order valence-corrected chi connectivity index (χ3v) is 11.7. The van der Waals surface area contributed by atoms with Crippen molar-refractivity contribution in [2.45, 2.75) is 76.5 Å². The summed E-state index contributed by atoms with van der Waals surface area (Å²) in [6.07, 6.45) is -0.477. The highest BCUT2D eigenvalue weighted by molar-refractivity contribution is 6.74. The number of oxazole rings is 1. The van der Waals surface area contributed by atoms with Gasteiger partial charge < -0.3 is 19.5 Å². The van der Waals surface area contributed by atoms with Gasteiger partial charge in [0.1, 0.15) is 5.82 Å². The van der Waals surface area contributed by atoms with E-state index in [1.807, 2.05) is 0 Å². The Morgan fingerprint density at radius 3 is 2.39 bits per heavy atom. The Hall–Kier alpha value is -3.18. The smallest absolute Gasteiger partial charge is 0.431 e. The van der Waals surface area contributed by atoms with E-state index >= 15 is 0 Å². The quantitative estimate of drug-likeness (QED) is 0.301. The molecule has 0 spiro atoms. The molecule has 1 aliphatic carbocycles. The Kier molecular flexibility index (Phi) is 7.71. The van der Waals surface area contributed by atoms with E-state index in [2.05, 4.69) is 54.5 Å². The van der Waals surface area contributed by atoms with Crippen molar-refractivity contribution in [3.05, 3.63) is 60.1 Å². The molecule has 3 aromatic rings. The van der Waals surface area contributed by atoms with Crippen molar-refractivity contribution in [3.8, 4) is 11.5 Å². The summed E-state index contributed by atoms with van der Waals surface area (Å²) < 4.78 is 52.2. The SMILES string of the molecule is CC(C)(C)[Si](C)(C)O[C@@H]1CC[C@@H](Nc2ccc(NC(=O)c3nc(-c4ccccc4)oc3C(F)(F)F)cn2)C1. The molecule has 7 nitrogen and oxygen atoms in total. The molecule has 38 heavy (non-hydrogen) atoms. The number of nitrogens with zero attached hydrogens (tertiary/aromatic N) is 2. The van der Waals surface area contributed by atoms with Crippen molar-refractivity contribution in [1.82, 2.24) is 9.97 Å². The molecule has 2 N–H and O–H groups in total. The van der Waals surface area contributed by atoms with E-state index in [0.29, 0.717) is 11.4 Å². The Balaban J connectivity index is 1.39. The summed E-state index contributed by atoms with van der Waals surface area (Å²) >= 11 is 0. The van der Waals surface area contributed by atoms with Crippen LogP contribution in [0.1, 0.15) is 56.3 Å². The highest BCUT2D eigenvalue weighted by Gasteiger charge is 2.42. The van der Waals surface area contributed by atoms with Gasteiger partial charge in [0.25, 0.3) is 5.91 Å². The lowest BCUT2D eigenvalue weighted by molar-refractivity contribution is -0.153. The third kappa shape index (κ3) is 6.44. The highest BCUT2D eigenvalue weighted by Crippen LogP contribution is 2.40. The van der Waals surface area contributed by atoms with E-state index in [1.165, 1.54) is 6.20 Å². The molecule has 0 aliphatic heterocycles. The van der Waals surface area contributed by atoms with Gasteiger partial charge in [-0.2, -0.15) is 13.2 Å². The number of pyridine rings is 1.